The molecule has 1 saturated heterocycles. The number of aliphatic hydroxyl groups excluding tert-OH is 5. The lowest BCUT2D eigenvalue weighted by Gasteiger charge is -2.66. The maximum absolute atomic E-state index is 13.6. The Balaban J connectivity index is 0.958. The van der Waals surface area contributed by atoms with Crippen molar-refractivity contribution < 1.29 is 53.7 Å². The van der Waals surface area contributed by atoms with Crippen LogP contribution in [0.1, 0.15) is 192 Å². The van der Waals surface area contributed by atoms with Crippen LogP contribution < -0.4 is 5.32 Å². The Labute approximate surface area is 372 Å². The maximum Gasteiger partial charge on any atom is 0.306 e. The molecule has 1 amide bonds. The van der Waals surface area contributed by atoms with Crippen molar-refractivity contribution in [1.82, 2.24) is 5.32 Å². The molecule has 12 heteroatoms. The van der Waals surface area contributed by atoms with Crippen molar-refractivity contribution in [3.63, 3.8) is 0 Å². The summed E-state index contributed by atoms with van der Waals surface area (Å²) in [7, 11) is 0. The van der Waals surface area contributed by atoms with Gasteiger partial charge >= 0.3 is 5.97 Å². The summed E-state index contributed by atoms with van der Waals surface area (Å²) in [4.78, 5) is 25.3. The second-order valence-electron chi connectivity index (χ2n) is 19.3. The topological polar surface area (TPSA) is 175 Å². The number of aliphatic hydroxyl groups is 5. The summed E-state index contributed by atoms with van der Waals surface area (Å²) < 4.78 is 30.3. The van der Waals surface area contributed by atoms with Crippen LogP contribution in [-0.2, 0) is 30.2 Å². The van der Waals surface area contributed by atoms with E-state index in [9.17, 15) is 39.5 Å². The number of esters is 1. The molecule has 8 atom stereocenters. The van der Waals surface area contributed by atoms with Gasteiger partial charge in [0, 0.05) is 12.8 Å². The van der Waals surface area contributed by atoms with Crippen molar-refractivity contribution >= 4 is 11.9 Å². The van der Waals surface area contributed by atoms with E-state index < -0.39 is 60.6 Å². The molecule has 6 N–H and O–H groups in total. The molecule has 3 aliphatic carbocycles. The van der Waals surface area contributed by atoms with Crippen LogP contribution in [0.4, 0.5) is 4.39 Å². The van der Waals surface area contributed by atoms with E-state index in [-0.39, 0.29) is 38.4 Å². The fourth-order valence-electron chi connectivity index (χ4n) is 9.81. The Morgan fingerprint density at radius 3 is 1.73 bits per heavy atom. The average molecular weight is 878 g/mol. The predicted molar refractivity (Wildman–Crippen MR) is 239 cm³/mol. The largest absolute Gasteiger partial charge is 0.463 e. The number of halogens is 1. The van der Waals surface area contributed by atoms with E-state index in [1.807, 2.05) is 30.3 Å². The first kappa shape index (κ1) is 52.4. The van der Waals surface area contributed by atoms with Crippen molar-refractivity contribution in [2.75, 3.05) is 13.2 Å². The summed E-state index contributed by atoms with van der Waals surface area (Å²) in [5, 5.41) is 55.6. The van der Waals surface area contributed by atoms with Crippen LogP contribution in [0.15, 0.2) is 30.3 Å². The average Bonchev–Trinajstić information content (AvgIpc) is 3.25. The molecule has 11 nitrogen and oxygen atoms in total. The van der Waals surface area contributed by atoms with E-state index in [1.54, 1.807) is 6.92 Å². The highest BCUT2D eigenvalue weighted by atomic mass is 19.1. The van der Waals surface area contributed by atoms with Crippen molar-refractivity contribution in [2.45, 2.75) is 248 Å². The van der Waals surface area contributed by atoms with Crippen molar-refractivity contribution in [3.05, 3.63) is 35.9 Å². The first-order valence-corrected chi connectivity index (χ1v) is 24.8. The third-order valence-corrected chi connectivity index (χ3v) is 13.7. The van der Waals surface area contributed by atoms with E-state index in [2.05, 4.69) is 5.32 Å². The molecule has 1 aromatic rings. The number of rotatable bonds is 36. The van der Waals surface area contributed by atoms with Crippen LogP contribution in [0.2, 0.25) is 0 Å². The van der Waals surface area contributed by atoms with Crippen molar-refractivity contribution in [2.24, 2.45) is 5.41 Å². The van der Waals surface area contributed by atoms with Crippen molar-refractivity contribution in [3.8, 4) is 0 Å². The zero-order valence-electron chi connectivity index (χ0n) is 38.1. The van der Waals surface area contributed by atoms with Gasteiger partial charge in [0.25, 0.3) is 0 Å². The SMILES string of the molecule is CC[C@@H](O)[C@@H](O)[C@H](COC1OC(COC(=O)CCc2ccccc2)C(O)C(O)C1O)NC(=O)CCCCCCCCCCCCCCCCCCCCCCCC12CC(F)(C1)C2. The number of hydrogen-bond acceptors (Lipinski definition) is 10. The Bertz CT molecular complexity index is 1350. The number of benzene rings is 1. The number of carbonyl (C=O) groups excluding carboxylic acids is 2. The molecule has 4 fully saturated rings. The van der Waals surface area contributed by atoms with E-state index in [0.717, 1.165) is 44.1 Å². The van der Waals surface area contributed by atoms with Crippen LogP contribution in [0.25, 0.3) is 0 Å². The van der Waals surface area contributed by atoms with Gasteiger partial charge < -0.3 is 45.1 Å². The Hall–Kier alpha value is -2.19. The van der Waals surface area contributed by atoms with Gasteiger partial charge in [0.05, 0.1) is 18.8 Å². The zero-order valence-corrected chi connectivity index (χ0v) is 38.1. The maximum atomic E-state index is 13.6. The molecule has 0 aromatic heterocycles. The van der Waals surface area contributed by atoms with Crippen LogP contribution in [0.3, 0.4) is 0 Å². The number of unbranched alkanes of at least 4 members (excludes halogenated alkanes) is 20. The minimum absolute atomic E-state index is 0.104. The molecule has 2 bridgehead atoms. The van der Waals surface area contributed by atoms with E-state index in [4.69, 9.17) is 14.2 Å². The third-order valence-electron chi connectivity index (χ3n) is 13.7. The van der Waals surface area contributed by atoms with Crippen LogP contribution in [-0.4, -0.2) is 105 Å². The molecule has 356 valence electrons. The minimum atomic E-state index is -1.67. The number of ether oxygens (including phenoxy) is 3. The summed E-state index contributed by atoms with van der Waals surface area (Å²) in [5.74, 6) is -0.816. The van der Waals surface area contributed by atoms with Gasteiger partial charge in [-0.3, -0.25) is 9.59 Å². The lowest BCUT2D eigenvalue weighted by molar-refractivity contribution is -0.303. The Morgan fingerprint density at radius 1 is 0.726 bits per heavy atom. The highest BCUT2D eigenvalue weighted by Gasteiger charge is 2.68. The molecule has 62 heavy (non-hydrogen) atoms. The summed E-state index contributed by atoms with van der Waals surface area (Å²) in [6.45, 7) is 0.959. The number of nitrogens with one attached hydrogen (secondary N) is 1. The number of aryl methyl sites for hydroxylation is 1. The normalized spacial score (nSPS) is 26.9. The van der Waals surface area contributed by atoms with Gasteiger partial charge in [0.15, 0.2) is 6.29 Å². The molecular weight excluding hydrogens is 794 g/mol. The van der Waals surface area contributed by atoms with E-state index in [1.165, 1.54) is 116 Å². The first-order valence-electron chi connectivity index (χ1n) is 24.8. The Kier molecular flexibility index (Phi) is 24.2. The molecule has 1 aromatic carbocycles. The molecule has 1 heterocycles. The second-order valence-corrected chi connectivity index (χ2v) is 19.3. The quantitative estimate of drug-likeness (QED) is 0.0284. The molecule has 0 radical (unpaired) electrons. The summed E-state index contributed by atoms with van der Waals surface area (Å²) in [5.41, 5.74) is 0.673. The lowest BCUT2D eigenvalue weighted by Crippen LogP contribution is -2.64. The van der Waals surface area contributed by atoms with Crippen LogP contribution in [0.5, 0.6) is 0 Å². The highest BCUT2D eigenvalue weighted by molar-refractivity contribution is 5.76. The molecular formula is C50H84FNO10. The summed E-state index contributed by atoms with van der Waals surface area (Å²) >= 11 is 0. The smallest absolute Gasteiger partial charge is 0.306 e. The van der Waals surface area contributed by atoms with Gasteiger partial charge in [-0.25, -0.2) is 4.39 Å². The highest BCUT2D eigenvalue weighted by Crippen LogP contribution is 2.71. The first-order chi connectivity index (χ1) is 29.9. The third kappa shape index (κ3) is 18.7. The van der Waals surface area contributed by atoms with Gasteiger partial charge in [0.2, 0.25) is 5.91 Å². The van der Waals surface area contributed by atoms with Crippen molar-refractivity contribution in [1.29, 1.82) is 0 Å². The Morgan fingerprint density at radius 2 is 1.23 bits per heavy atom. The molecule has 4 aliphatic rings. The number of amides is 1. The zero-order chi connectivity index (χ0) is 44.6. The number of alkyl halides is 1. The fraction of sp³-hybridized carbons (Fsp3) is 0.840. The molecule has 0 spiro atoms. The van der Waals surface area contributed by atoms with Crippen LogP contribution >= 0.6 is 0 Å². The lowest BCUT2D eigenvalue weighted by atomic mass is 9.41. The standard InChI is InChI=1S/C50H84FNO10/c1-2-40(53)44(56)39(33-61-48-47(59)46(58)45(57)41(62-48)34-60-43(55)31-30-38-27-23-22-24-28-38)52-42(54)29-25-20-18-16-14-12-10-8-6-4-3-5-7-9-11-13-15-17-19-21-26-32-49-35-50(51,36-49)37-49/h22-24,27-28,39-41,44-48,53,56-59H,2-21,25-26,29-37H2,1H3,(H,52,54)/t39-,40+,41?,44-,45?,46?,47?,48?,49?,50?/m0/s1. The second kappa shape index (κ2) is 28.7. The monoisotopic (exact) mass is 878 g/mol. The van der Waals surface area contributed by atoms with Gasteiger partial charge in [0.1, 0.15) is 42.8 Å². The van der Waals surface area contributed by atoms with E-state index in [0.29, 0.717) is 18.3 Å². The molecule has 1 aliphatic heterocycles. The van der Waals surface area contributed by atoms with Crippen LogP contribution in [0, 0.1) is 5.41 Å². The molecule has 5 unspecified atom stereocenters. The van der Waals surface area contributed by atoms with Gasteiger partial charge in [-0.15, -0.1) is 0 Å². The summed E-state index contributed by atoms with van der Waals surface area (Å²) in [6.07, 6.45) is 21.3. The van der Waals surface area contributed by atoms with Gasteiger partial charge in [-0.2, -0.15) is 0 Å². The van der Waals surface area contributed by atoms with Gasteiger partial charge in [-0.05, 0) is 55.9 Å². The molecule has 3 saturated carbocycles. The van der Waals surface area contributed by atoms with E-state index >= 15 is 0 Å². The van der Waals surface area contributed by atoms with Gasteiger partial charge in [-0.1, -0.05) is 166 Å². The molecule has 5 rings (SSSR count). The number of hydrogen-bond donors (Lipinski definition) is 6. The summed E-state index contributed by atoms with van der Waals surface area (Å²) in [6, 6.07) is 8.40. The number of carbonyl (C=O) groups is 2. The predicted octanol–water partition coefficient (Wildman–Crippen LogP) is 8.47. The fourth-order valence-corrected chi connectivity index (χ4v) is 9.81. The minimum Gasteiger partial charge on any atom is -0.463 e.